The summed E-state index contributed by atoms with van der Waals surface area (Å²) in [5.41, 5.74) is 0.176. The molecule has 28 heavy (non-hydrogen) atoms. The molecule has 2 N–H and O–H groups in total. The first-order valence-electron chi connectivity index (χ1n) is 8.71. The van der Waals surface area contributed by atoms with Crippen molar-refractivity contribution >= 4 is 12.0 Å². The number of hydroxylamine groups is 2. The lowest BCUT2D eigenvalue weighted by Gasteiger charge is -2.33. The highest BCUT2D eigenvalue weighted by molar-refractivity contribution is 5.95. The summed E-state index contributed by atoms with van der Waals surface area (Å²) >= 11 is 0. The summed E-state index contributed by atoms with van der Waals surface area (Å²) < 4.78 is 15.8. The lowest BCUT2D eigenvalue weighted by molar-refractivity contribution is -0.149. The number of hydrogen-bond acceptors (Lipinski definition) is 7. The van der Waals surface area contributed by atoms with Crippen LogP contribution < -0.4 is 14.2 Å². The molecule has 1 fully saturated rings. The molecule has 2 atom stereocenters. The molecule has 10 nitrogen and oxygen atoms in total. The highest BCUT2D eigenvalue weighted by atomic mass is 16.7. The average Bonchev–Trinajstić information content (AvgIpc) is 2.89. The number of carbonyl (C=O) groups is 2. The van der Waals surface area contributed by atoms with E-state index in [2.05, 4.69) is 0 Å². The largest absolute Gasteiger partial charge is 0.493 e. The minimum atomic E-state index is -1.12. The van der Waals surface area contributed by atoms with E-state index in [0.717, 1.165) is 9.96 Å². The molecule has 1 saturated heterocycles. The summed E-state index contributed by atoms with van der Waals surface area (Å²) in [5, 5.41) is 20.8. The Labute approximate surface area is 163 Å². The van der Waals surface area contributed by atoms with Gasteiger partial charge in [0, 0.05) is 18.7 Å². The Bertz CT molecular complexity index is 686. The maximum absolute atomic E-state index is 13.1. The van der Waals surface area contributed by atoms with Crippen LogP contribution in [-0.2, 0) is 4.84 Å². The molecule has 1 aromatic carbocycles. The van der Waals surface area contributed by atoms with Crippen LogP contribution in [0.5, 0.6) is 17.2 Å². The second kappa shape index (κ2) is 9.47. The highest BCUT2D eigenvalue weighted by Crippen LogP contribution is 2.38. The van der Waals surface area contributed by atoms with Crippen molar-refractivity contribution in [3.8, 4) is 17.2 Å². The zero-order valence-corrected chi connectivity index (χ0v) is 16.4. The normalized spacial score (nSPS) is 19.5. The third-order valence-corrected chi connectivity index (χ3v) is 4.66. The number of rotatable bonds is 6. The first-order chi connectivity index (χ1) is 13.4. The van der Waals surface area contributed by atoms with Gasteiger partial charge < -0.3 is 29.3 Å². The Morgan fingerprint density at radius 2 is 1.71 bits per heavy atom. The minimum Gasteiger partial charge on any atom is -0.493 e. The van der Waals surface area contributed by atoms with Gasteiger partial charge in [-0.25, -0.2) is 9.86 Å². The monoisotopic (exact) mass is 398 g/mol. The molecule has 1 aliphatic rings. The second-order valence-corrected chi connectivity index (χ2v) is 6.23. The maximum atomic E-state index is 13.1. The number of carbonyl (C=O) groups excluding carboxylic acids is 1. The van der Waals surface area contributed by atoms with Gasteiger partial charge in [-0.1, -0.05) is 0 Å². The number of ether oxygens (including phenoxy) is 3. The van der Waals surface area contributed by atoms with E-state index in [9.17, 15) is 19.8 Å². The summed E-state index contributed by atoms with van der Waals surface area (Å²) in [6.45, 7) is 0.208. The zero-order chi connectivity index (χ0) is 20.8. The average molecular weight is 398 g/mol. The van der Waals surface area contributed by atoms with Gasteiger partial charge in [-0.3, -0.25) is 9.63 Å². The molecule has 2 amide bonds. The van der Waals surface area contributed by atoms with Crippen molar-refractivity contribution in [2.45, 2.75) is 25.0 Å². The van der Waals surface area contributed by atoms with Gasteiger partial charge in [-0.15, -0.1) is 0 Å². The number of benzene rings is 1. The molecule has 1 aromatic rings. The third kappa shape index (κ3) is 4.39. The Hall–Kier alpha value is -2.72. The molecule has 1 aliphatic heterocycles. The number of aliphatic hydroxyl groups is 1. The van der Waals surface area contributed by atoms with Crippen molar-refractivity contribution in [2.24, 2.45) is 0 Å². The maximum Gasteiger partial charge on any atom is 0.407 e. The van der Waals surface area contributed by atoms with Crippen LogP contribution in [0.15, 0.2) is 12.1 Å². The Morgan fingerprint density at radius 1 is 1.11 bits per heavy atom. The van der Waals surface area contributed by atoms with Crippen molar-refractivity contribution in [3.63, 3.8) is 0 Å². The number of aliphatic hydroxyl groups excluding tert-OH is 1. The fourth-order valence-electron chi connectivity index (χ4n) is 3.23. The Morgan fingerprint density at radius 3 is 2.18 bits per heavy atom. The molecule has 0 aromatic heterocycles. The van der Waals surface area contributed by atoms with Crippen molar-refractivity contribution in [1.82, 2.24) is 9.96 Å². The molecule has 1 heterocycles. The molecule has 0 saturated carbocycles. The fourth-order valence-corrected chi connectivity index (χ4v) is 3.23. The van der Waals surface area contributed by atoms with Gasteiger partial charge >= 0.3 is 6.09 Å². The van der Waals surface area contributed by atoms with Crippen molar-refractivity contribution < 1.29 is 38.9 Å². The van der Waals surface area contributed by atoms with Crippen LogP contribution in [-0.4, -0.2) is 85.9 Å². The van der Waals surface area contributed by atoms with Gasteiger partial charge in [-0.05, 0) is 25.0 Å². The Kier molecular flexibility index (Phi) is 7.30. The van der Waals surface area contributed by atoms with Crippen molar-refractivity contribution in [1.29, 1.82) is 0 Å². The molecule has 0 bridgehead atoms. The van der Waals surface area contributed by atoms with E-state index < -0.39 is 24.1 Å². The number of amides is 2. The van der Waals surface area contributed by atoms with E-state index in [1.165, 1.54) is 40.6 Å². The number of likely N-dealkylation sites (tertiary alicyclic amines) is 1. The van der Waals surface area contributed by atoms with Crippen molar-refractivity contribution in [3.05, 3.63) is 17.7 Å². The van der Waals surface area contributed by atoms with E-state index in [0.29, 0.717) is 18.6 Å². The molecular weight excluding hydrogens is 372 g/mol. The molecule has 2 rings (SSSR count). The number of carboxylic acid groups (broad SMARTS) is 1. The summed E-state index contributed by atoms with van der Waals surface area (Å²) in [6.07, 6.45) is -1.22. The standard InChI is InChI=1S/C18H26N2O8/c1-25-14-8-11(9-15(26-2)16(14)27-3)17(22)20(28-4)12-10-19(18(23)24)7-5-6-13(12)21/h8-9,12-13,21H,5-7,10H2,1-4H3,(H,23,24)/t12-,13-/m1/s1. The predicted molar refractivity (Wildman–Crippen MR) is 97.9 cm³/mol. The third-order valence-electron chi connectivity index (χ3n) is 4.66. The lowest BCUT2D eigenvalue weighted by atomic mass is 10.1. The Balaban J connectivity index is 2.40. The smallest absolute Gasteiger partial charge is 0.407 e. The van der Waals surface area contributed by atoms with Crippen molar-refractivity contribution in [2.75, 3.05) is 41.5 Å². The lowest BCUT2D eigenvalue weighted by Crippen LogP contribution is -2.51. The van der Waals surface area contributed by atoms with Crippen LogP contribution in [0.2, 0.25) is 0 Å². The highest BCUT2D eigenvalue weighted by Gasteiger charge is 2.36. The molecule has 0 spiro atoms. The molecule has 156 valence electrons. The van der Waals surface area contributed by atoms with Crippen LogP contribution in [0.1, 0.15) is 23.2 Å². The van der Waals surface area contributed by atoms with E-state index in [4.69, 9.17) is 19.0 Å². The molecule has 0 unspecified atom stereocenters. The quantitative estimate of drug-likeness (QED) is 0.687. The SMILES string of the molecule is COc1cc(C(=O)N(OC)[C@@H]2CN(C(=O)O)CCC[C@H]2O)cc(OC)c1OC. The second-order valence-electron chi connectivity index (χ2n) is 6.23. The van der Waals surface area contributed by atoms with Crippen LogP contribution in [0.3, 0.4) is 0 Å². The number of hydrogen-bond donors (Lipinski definition) is 2. The van der Waals surface area contributed by atoms with Gasteiger partial charge in [0.15, 0.2) is 11.5 Å². The van der Waals surface area contributed by atoms with Crippen LogP contribution in [0.4, 0.5) is 4.79 Å². The first kappa shape index (κ1) is 21.6. The zero-order valence-electron chi connectivity index (χ0n) is 16.4. The van der Waals surface area contributed by atoms with Gasteiger partial charge in [-0.2, -0.15) is 0 Å². The summed E-state index contributed by atoms with van der Waals surface area (Å²) in [4.78, 5) is 30.9. The fraction of sp³-hybridized carbons (Fsp3) is 0.556. The first-order valence-corrected chi connectivity index (χ1v) is 8.71. The minimum absolute atomic E-state index is 0.0689. The van der Waals surface area contributed by atoms with Crippen LogP contribution in [0, 0.1) is 0 Å². The number of nitrogens with zero attached hydrogens (tertiary/aromatic N) is 2. The molecular formula is C18H26N2O8. The van der Waals surface area contributed by atoms with Gasteiger partial charge in [0.1, 0.15) is 6.04 Å². The summed E-state index contributed by atoms with van der Waals surface area (Å²) in [6, 6.07) is 2.07. The number of methoxy groups -OCH3 is 3. The molecule has 0 radical (unpaired) electrons. The van der Waals surface area contributed by atoms with Gasteiger partial charge in [0.2, 0.25) is 5.75 Å². The van der Waals surface area contributed by atoms with E-state index >= 15 is 0 Å². The molecule has 10 heteroatoms. The summed E-state index contributed by atoms with van der Waals surface area (Å²) in [5.74, 6) is 0.333. The van der Waals surface area contributed by atoms with E-state index in [1.54, 1.807) is 0 Å². The van der Waals surface area contributed by atoms with Gasteiger partial charge in [0.05, 0.1) is 34.5 Å². The van der Waals surface area contributed by atoms with Crippen LogP contribution >= 0.6 is 0 Å². The van der Waals surface area contributed by atoms with Crippen LogP contribution in [0.25, 0.3) is 0 Å². The molecule has 0 aliphatic carbocycles. The van der Waals surface area contributed by atoms with E-state index in [1.807, 2.05) is 0 Å². The van der Waals surface area contributed by atoms with Gasteiger partial charge in [0.25, 0.3) is 5.91 Å². The summed E-state index contributed by atoms with van der Waals surface area (Å²) in [7, 11) is 5.60. The topological polar surface area (TPSA) is 118 Å². The van der Waals surface area contributed by atoms with E-state index in [-0.39, 0.29) is 30.2 Å². The predicted octanol–water partition coefficient (Wildman–Crippen LogP) is 1.22.